The van der Waals surface area contributed by atoms with Crippen LogP contribution >= 0.6 is 0 Å². The van der Waals surface area contributed by atoms with Crippen LogP contribution in [0.15, 0.2) is 77.2 Å². The number of carbonyl (C=O) groups excluding carboxylic acids is 1. The molecule has 1 aromatic heterocycles. The lowest BCUT2D eigenvalue weighted by atomic mass is 9.99. The standard InChI is InChI=1S/C33H38O3/c1-4-6-7-8-9-10-25-11-15-27(16-12-25)32-23-29-22-28(17-20-31(29)36-32)33(34)35-30-18-13-26(14-19-30)21-24(3)5-2/h11-20,22-24H,4-10,21H2,1-3H3/t24-/m0/s1. The second kappa shape index (κ2) is 12.6. The molecule has 3 heteroatoms. The van der Waals surface area contributed by atoms with E-state index in [2.05, 4.69) is 45.0 Å². The van der Waals surface area contributed by atoms with Crippen LogP contribution in [0.2, 0.25) is 0 Å². The van der Waals surface area contributed by atoms with Crippen molar-refractivity contribution in [3.8, 4) is 17.1 Å². The Kier molecular flexibility index (Phi) is 9.00. The molecule has 0 unspecified atom stereocenters. The summed E-state index contributed by atoms with van der Waals surface area (Å²) in [5.74, 6) is 1.65. The molecule has 4 rings (SSSR count). The zero-order valence-electron chi connectivity index (χ0n) is 21.9. The average molecular weight is 483 g/mol. The van der Waals surface area contributed by atoms with Crippen molar-refractivity contribution in [2.45, 2.75) is 72.1 Å². The van der Waals surface area contributed by atoms with Gasteiger partial charge in [-0.15, -0.1) is 0 Å². The van der Waals surface area contributed by atoms with Crippen LogP contribution in [0, 0.1) is 5.92 Å². The maximum atomic E-state index is 12.8. The van der Waals surface area contributed by atoms with Gasteiger partial charge in [0.1, 0.15) is 17.1 Å². The van der Waals surface area contributed by atoms with Crippen molar-refractivity contribution in [2.75, 3.05) is 0 Å². The second-order valence-electron chi connectivity index (χ2n) is 9.98. The molecule has 0 amide bonds. The van der Waals surface area contributed by atoms with Crippen molar-refractivity contribution in [2.24, 2.45) is 5.92 Å². The van der Waals surface area contributed by atoms with E-state index in [1.54, 1.807) is 6.07 Å². The van der Waals surface area contributed by atoms with Gasteiger partial charge in [0.15, 0.2) is 0 Å². The number of hydrogen-bond donors (Lipinski definition) is 0. The summed E-state index contributed by atoms with van der Waals surface area (Å²) in [6.45, 7) is 6.70. The molecule has 1 heterocycles. The van der Waals surface area contributed by atoms with E-state index in [9.17, 15) is 4.79 Å². The summed E-state index contributed by atoms with van der Waals surface area (Å²) in [7, 11) is 0. The van der Waals surface area contributed by atoms with Crippen LogP contribution in [0.4, 0.5) is 0 Å². The van der Waals surface area contributed by atoms with E-state index in [-0.39, 0.29) is 5.97 Å². The molecule has 0 N–H and O–H groups in total. The lowest BCUT2D eigenvalue weighted by Crippen LogP contribution is -2.08. The molecule has 0 bridgehead atoms. The van der Waals surface area contributed by atoms with Crippen LogP contribution < -0.4 is 4.74 Å². The number of ether oxygens (including phenoxy) is 1. The molecule has 0 spiro atoms. The zero-order valence-corrected chi connectivity index (χ0v) is 21.9. The van der Waals surface area contributed by atoms with Crippen LogP contribution in [-0.4, -0.2) is 5.97 Å². The van der Waals surface area contributed by atoms with E-state index in [0.29, 0.717) is 17.2 Å². The molecule has 188 valence electrons. The van der Waals surface area contributed by atoms with Crippen molar-refractivity contribution in [3.05, 3.63) is 89.5 Å². The molecule has 0 saturated heterocycles. The Morgan fingerprint density at radius 2 is 1.56 bits per heavy atom. The predicted octanol–water partition coefficient (Wildman–Crippen LogP) is 9.42. The summed E-state index contributed by atoms with van der Waals surface area (Å²) in [6.07, 6.45) is 9.78. The number of hydrogen-bond acceptors (Lipinski definition) is 3. The number of benzene rings is 3. The number of aryl methyl sites for hydroxylation is 1. The van der Waals surface area contributed by atoms with Gasteiger partial charge >= 0.3 is 5.97 Å². The van der Waals surface area contributed by atoms with Crippen molar-refractivity contribution in [1.82, 2.24) is 0 Å². The molecular weight excluding hydrogens is 444 g/mol. The highest BCUT2D eigenvalue weighted by Crippen LogP contribution is 2.29. The van der Waals surface area contributed by atoms with Crippen molar-refractivity contribution in [1.29, 1.82) is 0 Å². The summed E-state index contributed by atoms with van der Waals surface area (Å²) in [4.78, 5) is 12.8. The first-order valence-electron chi connectivity index (χ1n) is 13.5. The number of furan rings is 1. The van der Waals surface area contributed by atoms with E-state index in [1.807, 2.05) is 42.5 Å². The minimum atomic E-state index is -0.363. The third kappa shape index (κ3) is 6.87. The number of carbonyl (C=O) groups is 1. The first-order valence-corrected chi connectivity index (χ1v) is 13.5. The molecule has 0 aliphatic rings. The zero-order chi connectivity index (χ0) is 25.3. The third-order valence-corrected chi connectivity index (χ3v) is 6.97. The van der Waals surface area contributed by atoms with Crippen LogP contribution in [0.25, 0.3) is 22.3 Å². The maximum absolute atomic E-state index is 12.8. The maximum Gasteiger partial charge on any atom is 0.343 e. The minimum Gasteiger partial charge on any atom is -0.456 e. The largest absolute Gasteiger partial charge is 0.456 e. The van der Waals surface area contributed by atoms with Gasteiger partial charge in [-0.05, 0) is 72.7 Å². The SMILES string of the molecule is CCCCCCCc1ccc(-c2cc3cc(C(=O)Oc4ccc(C[C@@H](C)CC)cc4)ccc3o2)cc1. The molecule has 3 aromatic carbocycles. The Balaban J connectivity index is 1.39. The number of unbranched alkanes of at least 4 members (excludes halogenated alkanes) is 4. The summed E-state index contributed by atoms with van der Waals surface area (Å²) in [6, 6.07) is 23.9. The summed E-state index contributed by atoms with van der Waals surface area (Å²) < 4.78 is 11.7. The first kappa shape index (κ1) is 25.8. The van der Waals surface area contributed by atoms with Crippen molar-refractivity contribution >= 4 is 16.9 Å². The van der Waals surface area contributed by atoms with E-state index in [4.69, 9.17) is 9.15 Å². The van der Waals surface area contributed by atoms with E-state index in [1.165, 1.54) is 43.2 Å². The van der Waals surface area contributed by atoms with E-state index >= 15 is 0 Å². The van der Waals surface area contributed by atoms with Gasteiger partial charge in [0.2, 0.25) is 0 Å². The number of fused-ring (bicyclic) bond motifs is 1. The fraction of sp³-hybridized carbons (Fsp3) is 0.364. The molecule has 0 aliphatic carbocycles. The van der Waals surface area contributed by atoms with Crippen molar-refractivity contribution in [3.63, 3.8) is 0 Å². The molecule has 1 atom stereocenters. The van der Waals surface area contributed by atoms with Gasteiger partial charge in [-0.1, -0.05) is 89.3 Å². The summed E-state index contributed by atoms with van der Waals surface area (Å²) >= 11 is 0. The summed E-state index contributed by atoms with van der Waals surface area (Å²) in [5.41, 5.74) is 4.94. The van der Waals surface area contributed by atoms with Crippen LogP contribution in [0.3, 0.4) is 0 Å². The van der Waals surface area contributed by atoms with Gasteiger partial charge in [0, 0.05) is 10.9 Å². The average Bonchev–Trinajstić information content (AvgIpc) is 3.33. The molecule has 0 aliphatic heterocycles. The van der Waals surface area contributed by atoms with Crippen molar-refractivity contribution < 1.29 is 13.9 Å². The Bertz CT molecular complexity index is 1250. The van der Waals surface area contributed by atoms with Gasteiger partial charge in [-0.2, -0.15) is 0 Å². The Hall–Kier alpha value is -3.33. The lowest BCUT2D eigenvalue weighted by Gasteiger charge is -2.09. The van der Waals surface area contributed by atoms with Gasteiger partial charge in [0.25, 0.3) is 0 Å². The third-order valence-electron chi connectivity index (χ3n) is 6.97. The highest BCUT2D eigenvalue weighted by Gasteiger charge is 2.13. The van der Waals surface area contributed by atoms with Crippen LogP contribution in [0.5, 0.6) is 5.75 Å². The fourth-order valence-corrected chi connectivity index (χ4v) is 4.49. The highest BCUT2D eigenvalue weighted by molar-refractivity contribution is 5.96. The van der Waals surface area contributed by atoms with Gasteiger partial charge in [-0.3, -0.25) is 0 Å². The monoisotopic (exact) mass is 482 g/mol. The topological polar surface area (TPSA) is 39.4 Å². The molecule has 0 radical (unpaired) electrons. The van der Waals surface area contributed by atoms with Crippen LogP contribution in [-0.2, 0) is 12.8 Å². The molecule has 3 nitrogen and oxygen atoms in total. The molecule has 0 fully saturated rings. The summed E-state index contributed by atoms with van der Waals surface area (Å²) in [5, 5.41) is 0.892. The number of esters is 1. The predicted molar refractivity (Wildman–Crippen MR) is 149 cm³/mol. The van der Waals surface area contributed by atoms with Crippen LogP contribution in [0.1, 0.15) is 80.8 Å². The number of rotatable bonds is 12. The Morgan fingerprint density at radius 3 is 2.28 bits per heavy atom. The van der Waals surface area contributed by atoms with E-state index in [0.717, 1.165) is 41.6 Å². The quantitative estimate of drug-likeness (QED) is 0.115. The second-order valence-corrected chi connectivity index (χ2v) is 9.98. The van der Waals surface area contributed by atoms with Gasteiger partial charge in [-0.25, -0.2) is 4.79 Å². The fourth-order valence-electron chi connectivity index (χ4n) is 4.49. The normalized spacial score (nSPS) is 12.1. The smallest absolute Gasteiger partial charge is 0.343 e. The Morgan fingerprint density at radius 1 is 0.833 bits per heavy atom. The molecular formula is C33H38O3. The molecule has 36 heavy (non-hydrogen) atoms. The minimum absolute atomic E-state index is 0.363. The van der Waals surface area contributed by atoms with Gasteiger partial charge < -0.3 is 9.15 Å². The highest BCUT2D eigenvalue weighted by atomic mass is 16.5. The molecule has 4 aromatic rings. The van der Waals surface area contributed by atoms with E-state index < -0.39 is 0 Å². The molecule has 0 saturated carbocycles. The Labute approximate surface area is 215 Å². The lowest BCUT2D eigenvalue weighted by molar-refractivity contribution is 0.0735. The first-order chi connectivity index (χ1) is 17.6. The van der Waals surface area contributed by atoms with Gasteiger partial charge in [0.05, 0.1) is 5.56 Å².